The third-order valence-electron chi connectivity index (χ3n) is 5.82. The van der Waals surface area contributed by atoms with E-state index in [4.69, 9.17) is 0 Å². The van der Waals surface area contributed by atoms with E-state index in [1.807, 2.05) is 12.1 Å². The minimum atomic E-state index is -0.150. The van der Waals surface area contributed by atoms with Crippen LogP contribution in [0.5, 0.6) is 0 Å². The Bertz CT molecular complexity index is 879. The molecule has 2 aromatic carbocycles. The maximum Gasteiger partial charge on any atom is 0.251 e. The third-order valence-corrected chi connectivity index (χ3v) is 6.91. The van der Waals surface area contributed by atoms with Crippen molar-refractivity contribution in [3.63, 3.8) is 0 Å². The van der Waals surface area contributed by atoms with Crippen LogP contribution in [0.15, 0.2) is 52.3 Å². The van der Waals surface area contributed by atoms with Crippen LogP contribution in [0.1, 0.15) is 56.0 Å². The first-order valence-corrected chi connectivity index (χ1v) is 11.1. The molecule has 0 spiro atoms. The Morgan fingerprint density at radius 2 is 1.76 bits per heavy atom. The predicted octanol–water partition coefficient (Wildman–Crippen LogP) is 5.66. The molecular weight excluding hydrogens is 380 g/mol. The van der Waals surface area contributed by atoms with Gasteiger partial charge < -0.3 is 10.6 Å². The Labute approximate surface area is 177 Å². The first-order valence-electron chi connectivity index (χ1n) is 10.3. The lowest BCUT2D eigenvalue weighted by atomic mass is 9.78. The zero-order chi connectivity index (χ0) is 21.0. The van der Waals surface area contributed by atoms with Crippen molar-refractivity contribution in [2.75, 3.05) is 5.32 Å². The predicted molar refractivity (Wildman–Crippen MR) is 119 cm³/mol. The van der Waals surface area contributed by atoms with Gasteiger partial charge in [0.15, 0.2) is 0 Å². The molecule has 0 aliphatic heterocycles. The molecule has 2 N–H and O–H groups in total. The molecule has 3 rings (SSSR count). The lowest BCUT2D eigenvalue weighted by Gasteiger charge is -2.34. The molecule has 0 bridgehead atoms. The van der Waals surface area contributed by atoms with Crippen LogP contribution in [-0.4, -0.2) is 17.9 Å². The SMILES string of the molecule is CC(=O)Nc1cc(C(=O)N[C@@H]2CCC[C@@H](C)[C@@H]2C)ccc1Sc1ccc(C)cc1. The second-order valence-electron chi connectivity index (χ2n) is 8.15. The topological polar surface area (TPSA) is 58.2 Å². The maximum absolute atomic E-state index is 12.9. The molecule has 0 radical (unpaired) electrons. The molecule has 5 heteroatoms. The van der Waals surface area contributed by atoms with Crippen LogP contribution in [0.4, 0.5) is 5.69 Å². The number of hydrogen-bond donors (Lipinski definition) is 2. The molecule has 1 aliphatic rings. The van der Waals surface area contributed by atoms with Gasteiger partial charge in [-0.05, 0) is 55.5 Å². The zero-order valence-corrected chi connectivity index (χ0v) is 18.4. The fourth-order valence-electron chi connectivity index (χ4n) is 3.82. The van der Waals surface area contributed by atoms with Gasteiger partial charge >= 0.3 is 0 Å². The number of amides is 2. The summed E-state index contributed by atoms with van der Waals surface area (Å²) in [5, 5.41) is 6.09. The van der Waals surface area contributed by atoms with E-state index >= 15 is 0 Å². The Balaban J connectivity index is 1.79. The molecule has 2 aromatic rings. The number of rotatable bonds is 5. The highest BCUT2D eigenvalue weighted by Crippen LogP contribution is 2.35. The van der Waals surface area contributed by atoms with Crippen molar-refractivity contribution in [3.8, 4) is 0 Å². The van der Waals surface area contributed by atoms with Crippen LogP contribution < -0.4 is 10.6 Å². The van der Waals surface area contributed by atoms with E-state index in [1.165, 1.54) is 18.9 Å². The molecule has 29 heavy (non-hydrogen) atoms. The smallest absolute Gasteiger partial charge is 0.251 e. The summed E-state index contributed by atoms with van der Waals surface area (Å²) >= 11 is 1.58. The van der Waals surface area contributed by atoms with E-state index in [1.54, 1.807) is 17.8 Å². The average Bonchev–Trinajstić information content (AvgIpc) is 2.68. The number of carbonyl (C=O) groups excluding carboxylic acids is 2. The van der Waals surface area contributed by atoms with Gasteiger partial charge in [0.05, 0.1) is 5.69 Å². The summed E-state index contributed by atoms with van der Waals surface area (Å²) in [6.45, 7) is 8.02. The largest absolute Gasteiger partial charge is 0.349 e. The third kappa shape index (κ3) is 5.63. The van der Waals surface area contributed by atoms with Crippen molar-refractivity contribution in [3.05, 3.63) is 53.6 Å². The Morgan fingerprint density at radius 3 is 2.45 bits per heavy atom. The quantitative estimate of drug-likeness (QED) is 0.669. The number of anilines is 1. The van der Waals surface area contributed by atoms with Crippen molar-refractivity contribution in [1.82, 2.24) is 5.32 Å². The van der Waals surface area contributed by atoms with Crippen LogP contribution in [0.25, 0.3) is 0 Å². The first kappa shape index (κ1) is 21.4. The zero-order valence-electron chi connectivity index (χ0n) is 17.6. The minimum Gasteiger partial charge on any atom is -0.349 e. The second kappa shape index (κ2) is 9.49. The van der Waals surface area contributed by atoms with E-state index in [0.29, 0.717) is 23.1 Å². The van der Waals surface area contributed by atoms with Gasteiger partial charge in [-0.3, -0.25) is 9.59 Å². The number of nitrogens with one attached hydrogen (secondary N) is 2. The highest BCUT2D eigenvalue weighted by atomic mass is 32.2. The molecule has 4 nitrogen and oxygen atoms in total. The summed E-state index contributed by atoms with van der Waals surface area (Å²) in [5.41, 5.74) is 2.45. The molecule has 1 fully saturated rings. The lowest BCUT2D eigenvalue weighted by Crippen LogP contribution is -2.43. The molecule has 1 saturated carbocycles. The van der Waals surface area contributed by atoms with Crippen molar-refractivity contribution in [2.45, 2.75) is 62.8 Å². The van der Waals surface area contributed by atoms with E-state index in [9.17, 15) is 9.59 Å². The molecule has 0 saturated heterocycles. The van der Waals surface area contributed by atoms with E-state index < -0.39 is 0 Å². The number of carbonyl (C=O) groups is 2. The highest BCUT2D eigenvalue weighted by Gasteiger charge is 2.28. The van der Waals surface area contributed by atoms with Crippen molar-refractivity contribution < 1.29 is 9.59 Å². The van der Waals surface area contributed by atoms with Crippen LogP contribution in [0, 0.1) is 18.8 Å². The van der Waals surface area contributed by atoms with E-state index in [-0.39, 0.29) is 17.9 Å². The van der Waals surface area contributed by atoms with Crippen LogP contribution in [-0.2, 0) is 4.79 Å². The normalized spacial score (nSPS) is 21.4. The highest BCUT2D eigenvalue weighted by molar-refractivity contribution is 7.99. The van der Waals surface area contributed by atoms with Gasteiger partial charge in [0, 0.05) is 28.3 Å². The fraction of sp³-hybridized carbons (Fsp3) is 0.417. The van der Waals surface area contributed by atoms with Crippen molar-refractivity contribution >= 4 is 29.3 Å². The Kier molecular flexibility index (Phi) is 7.01. The lowest BCUT2D eigenvalue weighted by molar-refractivity contribution is -0.114. The van der Waals surface area contributed by atoms with Gasteiger partial charge in [0.1, 0.15) is 0 Å². The molecule has 2 amide bonds. The Morgan fingerprint density at radius 1 is 1.03 bits per heavy atom. The summed E-state index contributed by atoms with van der Waals surface area (Å²) in [4.78, 5) is 26.6. The molecule has 0 unspecified atom stereocenters. The average molecular weight is 411 g/mol. The van der Waals surface area contributed by atoms with Crippen LogP contribution >= 0.6 is 11.8 Å². The van der Waals surface area contributed by atoms with Gasteiger partial charge in [-0.2, -0.15) is 0 Å². The fourth-order valence-corrected chi connectivity index (χ4v) is 4.70. The summed E-state index contributed by atoms with van der Waals surface area (Å²) < 4.78 is 0. The number of aryl methyl sites for hydroxylation is 1. The number of benzene rings is 2. The van der Waals surface area contributed by atoms with Crippen LogP contribution in [0.2, 0.25) is 0 Å². The van der Waals surface area contributed by atoms with Gasteiger partial charge in [-0.15, -0.1) is 0 Å². The number of hydrogen-bond acceptors (Lipinski definition) is 3. The molecule has 1 aliphatic carbocycles. The molecular formula is C24H30N2O2S. The second-order valence-corrected chi connectivity index (χ2v) is 9.27. The van der Waals surface area contributed by atoms with Crippen molar-refractivity contribution in [1.29, 1.82) is 0 Å². The minimum absolute atomic E-state index is 0.0746. The molecule has 0 heterocycles. The van der Waals surface area contributed by atoms with Gasteiger partial charge in [-0.25, -0.2) is 0 Å². The summed E-state index contributed by atoms with van der Waals surface area (Å²) in [7, 11) is 0. The van der Waals surface area contributed by atoms with Gasteiger partial charge in [-0.1, -0.05) is 56.1 Å². The molecule has 3 atom stereocenters. The van der Waals surface area contributed by atoms with Gasteiger partial charge in [0.25, 0.3) is 5.91 Å². The summed E-state index contributed by atoms with van der Waals surface area (Å²) in [6.07, 6.45) is 3.40. The van der Waals surface area contributed by atoms with Gasteiger partial charge in [0.2, 0.25) is 5.91 Å². The summed E-state index contributed by atoms with van der Waals surface area (Å²) in [5.74, 6) is 0.869. The molecule has 154 valence electrons. The van der Waals surface area contributed by atoms with E-state index in [0.717, 1.165) is 22.6 Å². The first-order chi connectivity index (χ1) is 13.8. The maximum atomic E-state index is 12.9. The standard InChI is InChI=1S/C24H30N2O2S/c1-15-8-11-20(12-9-15)29-23-13-10-19(14-22(23)25-18(4)27)24(28)26-21-7-5-6-16(2)17(21)3/h8-14,16-17,21H,5-7H2,1-4H3,(H,25,27)(H,26,28)/t16-,17+,21-/m1/s1. The molecule has 0 aromatic heterocycles. The van der Waals surface area contributed by atoms with Crippen molar-refractivity contribution in [2.24, 2.45) is 11.8 Å². The monoisotopic (exact) mass is 410 g/mol. The van der Waals surface area contributed by atoms with E-state index in [2.05, 4.69) is 55.7 Å². The Hall–Kier alpha value is -2.27. The van der Waals surface area contributed by atoms with Crippen LogP contribution in [0.3, 0.4) is 0 Å². The summed E-state index contributed by atoms with van der Waals surface area (Å²) in [6, 6.07) is 14.0.